The highest BCUT2D eigenvalue weighted by Gasteiger charge is 2.32. The van der Waals surface area contributed by atoms with Crippen LogP contribution in [-0.4, -0.2) is 48.2 Å². The largest absolute Gasteiger partial charge is 0.481 e. The molecule has 2 heterocycles. The number of amides is 1. The first-order chi connectivity index (χ1) is 18.5. The van der Waals surface area contributed by atoms with Crippen LogP contribution in [0.3, 0.4) is 0 Å². The van der Waals surface area contributed by atoms with Crippen LogP contribution >= 0.6 is 11.6 Å². The van der Waals surface area contributed by atoms with Crippen LogP contribution in [-0.2, 0) is 14.3 Å². The van der Waals surface area contributed by atoms with Crippen molar-refractivity contribution in [2.45, 2.75) is 38.0 Å². The lowest BCUT2D eigenvalue weighted by atomic mass is 9.88. The summed E-state index contributed by atoms with van der Waals surface area (Å²) < 4.78 is 5.69. The summed E-state index contributed by atoms with van der Waals surface area (Å²) in [6, 6.07) is 10.6. The predicted octanol–water partition coefficient (Wildman–Crippen LogP) is 4.77. The molecule has 2 aliphatic heterocycles. The number of halogens is 1. The van der Waals surface area contributed by atoms with Gasteiger partial charge in [0.2, 0.25) is 5.91 Å². The van der Waals surface area contributed by atoms with Gasteiger partial charge in [0, 0.05) is 29.7 Å². The van der Waals surface area contributed by atoms with Crippen molar-refractivity contribution in [3.05, 3.63) is 94.1 Å². The number of carbonyl (C=O) groups excluding carboxylic acids is 1. The molecule has 3 N–H and O–H groups in total. The van der Waals surface area contributed by atoms with E-state index in [2.05, 4.69) is 47.1 Å². The number of hydrogen-bond donors (Lipinski definition) is 3. The first-order valence-corrected chi connectivity index (χ1v) is 13.7. The van der Waals surface area contributed by atoms with E-state index >= 15 is 0 Å². The number of likely N-dealkylation sites (tertiary alicyclic amines) is 1. The third-order valence-corrected chi connectivity index (χ3v) is 7.92. The van der Waals surface area contributed by atoms with Gasteiger partial charge in [-0.05, 0) is 49.3 Å². The van der Waals surface area contributed by atoms with Crippen molar-refractivity contribution >= 4 is 23.5 Å². The van der Waals surface area contributed by atoms with E-state index in [9.17, 15) is 9.59 Å². The fourth-order valence-electron chi connectivity index (χ4n) is 5.53. The van der Waals surface area contributed by atoms with E-state index in [-0.39, 0.29) is 37.4 Å². The number of hydrogen-bond acceptors (Lipinski definition) is 5. The molecule has 4 aliphatic rings. The van der Waals surface area contributed by atoms with E-state index in [1.807, 2.05) is 29.2 Å². The summed E-state index contributed by atoms with van der Waals surface area (Å²) >= 11 is 6.13. The molecule has 7 nitrogen and oxygen atoms in total. The number of benzene rings is 1. The van der Waals surface area contributed by atoms with E-state index < -0.39 is 5.97 Å². The number of carboxylic acids is 1. The summed E-state index contributed by atoms with van der Waals surface area (Å²) in [6.07, 6.45) is 13.4. The van der Waals surface area contributed by atoms with Crippen molar-refractivity contribution in [2.24, 2.45) is 11.8 Å². The highest BCUT2D eigenvalue weighted by Crippen LogP contribution is 2.34. The molecule has 0 bridgehead atoms. The lowest BCUT2D eigenvalue weighted by Crippen LogP contribution is -2.43. The Bertz CT molecular complexity index is 1210. The van der Waals surface area contributed by atoms with Crippen molar-refractivity contribution in [3.8, 4) is 0 Å². The quantitative estimate of drug-likeness (QED) is 0.415. The molecule has 2 aliphatic carbocycles. The number of carbonyl (C=O) groups is 2. The van der Waals surface area contributed by atoms with Gasteiger partial charge >= 0.3 is 5.97 Å². The standard InChI is InChI=1S/C30H34ClN3O4/c31-24-9-6-22(7-10-24)29-27(19-38-17-14-28(35)36)32-26-18-23(8-11-25(26)33-29)30(37)34-15-12-21(13-16-34)20-4-2-1-3-5-20/h1-6,9-11,18,21-23,32-33H,7-8,12-17,19H2,(H,35,36). The molecule has 2 atom stereocenters. The molecule has 0 saturated carbocycles. The zero-order valence-electron chi connectivity index (χ0n) is 21.4. The number of nitrogens with one attached hydrogen (secondary N) is 2. The summed E-state index contributed by atoms with van der Waals surface area (Å²) in [5, 5.41) is 16.7. The van der Waals surface area contributed by atoms with Gasteiger partial charge < -0.3 is 25.4 Å². The van der Waals surface area contributed by atoms with Crippen LogP contribution in [0.2, 0.25) is 0 Å². The smallest absolute Gasteiger partial charge is 0.305 e. The minimum absolute atomic E-state index is 0.0525. The monoisotopic (exact) mass is 535 g/mol. The van der Waals surface area contributed by atoms with Crippen LogP contribution in [0.1, 0.15) is 43.6 Å². The Morgan fingerprint density at radius 3 is 2.55 bits per heavy atom. The normalized spacial score (nSPS) is 23.5. The van der Waals surface area contributed by atoms with Gasteiger partial charge in [-0.25, -0.2) is 0 Å². The number of piperidine rings is 1. The lowest BCUT2D eigenvalue weighted by Gasteiger charge is -2.37. The van der Waals surface area contributed by atoms with Crippen LogP contribution in [0.25, 0.3) is 0 Å². The summed E-state index contributed by atoms with van der Waals surface area (Å²) in [7, 11) is 0. The number of carboxylic acid groups (broad SMARTS) is 1. The van der Waals surface area contributed by atoms with Gasteiger partial charge in [0.1, 0.15) is 0 Å². The minimum atomic E-state index is -0.890. The van der Waals surface area contributed by atoms with Crippen molar-refractivity contribution in [1.29, 1.82) is 0 Å². The second kappa shape index (κ2) is 12.0. The van der Waals surface area contributed by atoms with Gasteiger partial charge in [0.05, 0.1) is 42.6 Å². The number of ether oxygens (including phenoxy) is 1. The lowest BCUT2D eigenvalue weighted by molar-refractivity contribution is -0.138. The molecule has 0 spiro atoms. The Hall–Kier alpha value is -3.29. The molecule has 200 valence electrons. The Kier molecular flexibility index (Phi) is 8.35. The van der Waals surface area contributed by atoms with Crippen LogP contribution in [0.15, 0.2) is 88.5 Å². The average Bonchev–Trinajstić information content (AvgIpc) is 2.95. The maximum absolute atomic E-state index is 13.5. The van der Waals surface area contributed by atoms with Crippen LogP contribution < -0.4 is 10.6 Å². The molecule has 1 amide bonds. The fourth-order valence-corrected chi connectivity index (χ4v) is 5.69. The predicted molar refractivity (Wildman–Crippen MR) is 147 cm³/mol. The van der Waals surface area contributed by atoms with Crippen LogP contribution in [0.4, 0.5) is 0 Å². The summed E-state index contributed by atoms with van der Waals surface area (Å²) in [6.45, 7) is 1.92. The van der Waals surface area contributed by atoms with E-state index in [1.165, 1.54) is 5.56 Å². The molecular weight excluding hydrogens is 502 g/mol. The maximum Gasteiger partial charge on any atom is 0.305 e. The summed E-state index contributed by atoms with van der Waals surface area (Å²) in [5.41, 5.74) is 5.00. The van der Waals surface area contributed by atoms with E-state index in [0.29, 0.717) is 12.3 Å². The van der Waals surface area contributed by atoms with Crippen molar-refractivity contribution in [1.82, 2.24) is 15.5 Å². The van der Waals surface area contributed by atoms with Gasteiger partial charge in [0.25, 0.3) is 0 Å². The molecule has 1 saturated heterocycles. The summed E-state index contributed by atoms with van der Waals surface area (Å²) in [5.74, 6) is -0.339. The van der Waals surface area contributed by atoms with Crippen LogP contribution in [0.5, 0.6) is 0 Å². The number of allylic oxidation sites excluding steroid dienone is 5. The second-order valence-corrected chi connectivity index (χ2v) is 10.6. The van der Waals surface area contributed by atoms with Gasteiger partial charge in [-0.2, -0.15) is 0 Å². The Balaban J connectivity index is 1.26. The first kappa shape index (κ1) is 26.3. The Morgan fingerprint density at radius 1 is 1.05 bits per heavy atom. The topological polar surface area (TPSA) is 90.9 Å². The SMILES string of the molecule is O=C(O)CCOCC1=C(C2C=CC(Cl)=CC2)NC2=CCC(C(=O)N3CCC(c4ccccc4)CC3)C=C2N1. The number of nitrogens with zero attached hydrogens (tertiary/aromatic N) is 1. The van der Waals surface area contributed by atoms with Crippen molar-refractivity contribution in [2.75, 3.05) is 26.3 Å². The highest BCUT2D eigenvalue weighted by atomic mass is 35.5. The maximum atomic E-state index is 13.5. The molecule has 1 fully saturated rings. The molecule has 0 radical (unpaired) electrons. The van der Waals surface area contributed by atoms with Crippen molar-refractivity contribution < 1.29 is 19.4 Å². The zero-order valence-corrected chi connectivity index (χ0v) is 22.1. The second-order valence-electron chi connectivity index (χ2n) is 10.2. The number of aliphatic carboxylic acids is 1. The number of fused-ring (bicyclic) bond motifs is 1. The summed E-state index contributed by atoms with van der Waals surface area (Å²) in [4.78, 5) is 26.4. The van der Waals surface area contributed by atoms with E-state index in [4.69, 9.17) is 21.4 Å². The van der Waals surface area contributed by atoms with Gasteiger partial charge in [-0.3, -0.25) is 9.59 Å². The number of rotatable bonds is 8. The van der Waals surface area contributed by atoms with E-state index in [0.717, 1.165) is 60.2 Å². The van der Waals surface area contributed by atoms with E-state index in [1.54, 1.807) is 0 Å². The molecule has 0 aromatic heterocycles. The molecule has 8 heteroatoms. The molecule has 1 aromatic rings. The molecule has 5 rings (SSSR count). The zero-order chi connectivity index (χ0) is 26.5. The fraction of sp³-hybridized carbons (Fsp3) is 0.400. The highest BCUT2D eigenvalue weighted by molar-refractivity contribution is 6.31. The Labute approximate surface area is 228 Å². The molecule has 2 unspecified atom stereocenters. The van der Waals surface area contributed by atoms with Crippen molar-refractivity contribution in [3.63, 3.8) is 0 Å². The van der Waals surface area contributed by atoms with Crippen LogP contribution in [0, 0.1) is 11.8 Å². The minimum Gasteiger partial charge on any atom is -0.481 e. The van der Waals surface area contributed by atoms with Gasteiger partial charge in [0.15, 0.2) is 0 Å². The molecular formula is C30H34ClN3O4. The average molecular weight is 536 g/mol. The molecule has 38 heavy (non-hydrogen) atoms. The Morgan fingerprint density at radius 2 is 1.84 bits per heavy atom. The van der Waals surface area contributed by atoms with Gasteiger partial charge in [-0.1, -0.05) is 60.2 Å². The first-order valence-electron chi connectivity index (χ1n) is 13.3. The molecule has 1 aromatic carbocycles. The van der Waals surface area contributed by atoms with Gasteiger partial charge in [-0.15, -0.1) is 0 Å². The third-order valence-electron chi connectivity index (χ3n) is 7.64. The third kappa shape index (κ3) is 6.22.